The molecule has 0 aliphatic heterocycles. The van der Waals surface area contributed by atoms with Gasteiger partial charge >= 0.3 is 0 Å². The zero-order valence-corrected chi connectivity index (χ0v) is 16.3. The molecule has 0 bridgehead atoms. The number of ether oxygens (including phenoxy) is 2. The van der Waals surface area contributed by atoms with Crippen LogP contribution in [0.1, 0.15) is 36.0 Å². The van der Waals surface area contributed by atoms with Crippen LogP contribution in [0.25, 0.3) is 11.4 Å². The van der Waals surface area contributed by atoms with Crippen LogP contribution in [-0.4, -0.2) is 29.0 Å². The van der Waals surface area contributed by atoms with Crippen LogP contribution < -0.4 is 14.8 Å². The molecule has 6 heteroatoms. The van der Waals surface area contributed by atoms with Crippen molar-refractivity contribution in [3.8, 4) is 28.8 Å². The lowest BCUT2D eigenvalue weighted by atomic mass is 10.1. The number of nitrogens with zero attached hydrogens (tertiary/aromatic N) is 2. The third-order valence-electron chi connectivity index (χ3n) is 4.99. The minimum atomic E-state index is -0.0515. The summed E-state index contributed by atoms with van der Waals surface area (Å²) in [7, 11) is 1.62. The fraction of sp³-hybridized carbons (Fsp3) is 0.261. The highest BCUT2D eigenvalue weighted by atomic mass is 16.5. The van der Waals surface area contributed by atoms with E-state index in [4.69, 9.17) is 9.47 Å². The van der Waals surface area contributed by atoms with E-state index in [0.717, 1.165) is 24.2 Å². The van der Waals surface area contributed by atoms with Gasteiger partial charge in [-0.2, -0.15) is 4.98 Å². The predicted molar refractivity (Wildman–Crippen MR) is 110 cm³/mol. The molecule has 0 radical (unpaired) electrons. The molecule has 2 aromatic carbocycles. The second kappa shape index (κ2) is 8.73. The van der Waals surface area contributed by atoms with Gasteiger partial charge in [0.25, 0.3) is 5.91 Å². The highest BCUT2D eigenvalue weighted by molar-refractivity contribution is 5.95. The Morgan fingerprint density at radius 1 is 1.03 bits per heavy atom. The monoisotopic (exact) mass is 389 g/mol. The van der Waals surface area contributed by atoms with Gasteiger partial charge in [-0.3, -0.25) is 4.79 Å². The molecule has 6 nitrogen and oxygen atoms in total. The van der Waals surface area contributed by atoms with E-state index in [0.29, 0.717) is 23.0 Å². The van der Waals surface area contributed by atoms with Gasteiger partial charge in [-0.15, -0.1) is 0 Å². The molecule has 1 fully saturated rings. The molecular formula is C23H23N3O3. The van der Waals surface area contributed by atoms with Crippen molar-refractivity contribution in [2.24, 2.45) is 0 Å². The maximum Gasteiger partial charge on any atom is 0.251 e. The van der Waals surface area contributed by atoms with Gasteiger partial charge in [-0.05, 0) is 49.2 Å². The average Bonchev–Trinajstić information content (AvgIpc) is 3.28. The van der Waals surface area contributed by atoms with E-state index in [2.05, 4.69) is 15.3 Å². The smallest absolute Gasteiger partial charge is 0.251 e. The fourth-order valence-electron chi connectivity index (χ4n) is 3.44. The number of carbonyl (C=O) groups excluding carboxylic acids is 1. The Labute approximate surface area is 169 Å². The molecule has 148 valence electrons. The van der Waals surface area contributed by atoms with Gasteiger partial charge in [0.15, 0.2) is 5.82 Å². The van der Waals surface area contributed by atoms with Gasteiger partial charge < -0.3 is 14.8 Å². The molecule has 0 spiro atoms. The summed E-state index contributed by atoms with van der Waals surface area (Å²) in [5, 5.41) is 3.11. The topological polar surface area (TPSA) is 73.3 Å². The van der Waals surface area contributed by atoms with Gasteiger partial charge in [-0.25, -0.2) is 4.98 Å². The van der Waals surface area contributed by atoms with Crippen LogP contribution in [0.3, 0.4) is 0 Å². The van der Waals surface area contributed by atoms with E-state index in [1.165, 1.54) is 12.8 Å². The minimum Gasteiger partial charge on any atom is -0.497 e. The van der Waals surface area contributed by atoms with Gasteiger partial charge in [0.05, 0.1) is 7.11 Å². The van der Waals surface area contributed by atoms with E-state index in [9.17, 15) is 4.79 Å². The summed E-state index contributed by atoms with van der Waals surface area (Å²) in [5.74, 6) is 2.30. The van der Waals surface area contributed by atoms with Crippen molar-refractivity contribution in [3.63, 3.8) is 0 Å². The molecule has 1 aliphatic rings. The third kappa shape index (κ3) is 4.71. The highest BCUT2D eigenvalue weighted by Gasteiger charge is 2.18. The largest absolute Gasteiger partial charge is 0.497 e. The maximum atomic E-state index is 12.6. The molecule has 1 N–H and O–H groups in total. The first-order valence-electron chi connectivity index (χ1n) is 9.77. The summed E-state index contributed by atoms with van der Waals surface area (Å²) in [6, 6.07) is 16.6. The van der Waals surface area contributed by atoms with Crippen molar-refractivity contribution in [2.45, 2.75) is 31.7 Å². The number of amides is 1. The molecule has 3 aromatic rings. The molecule has 0 unspecified atom stereocenters. The Kier molecular flexibility index (Phi) is 5.70. The number of hydrogen-bond donors (Lipinski definition) is 1. The Balaban J connectivity index is 1.50. The van der Waals surface area contributed by atoms with E-state index >= 15 is 0 Å². The summed E-state index contributed by atoms with van der Waals surface area (Å²) in [4.78, 5) is 21.4. The molecule has 29 heavy (non-hydrogen) atoms. The molecule has 1 amide bonds. The van der Waals surface area contributed by atoms with Crippen LogP contribution in [0, 0.1) is 0 Å². The van der Waals surface area contributed by atoms with Gasteiger partial charge in [-0.1, -0.05) is 25.0 Å². The number of carbonyl (C=O) groups is 1. The van der Waals surface area contributed by atoms with Crippen LogP contribution in [0.15, 0.2) is 60.8 Å². The molecule has 1 heterocycles. The lowest BCUT2D eigenvalue weighted by Gasteiger charge is -2.12. The van der Waals surface area contributed by atoms with Gasteiger partial charge in [0.1, 0.15) is 11.5 Å². The third-order valence-corrected chi connectivity index (χ3v) is 4.99. The Morgan fingerprint density at radius 3 is 2.55 bits per heavy atom. The van der Waals surface area contributed by atoms with Crippen LogP contribution in [-0.2, 0) is 0 Å². The number of nitrogens with one attached hydrogen (secondary N) is 1. The molecule has 1 aliphatic carbocycles. The first-order chi connectivity index (χ1) is 14.2. The molecule has 1 aromatic heterocycles. The summed E-state index contributed by atoms with van der Waals surface area (Å²) in [5.41, 5.74) is 1.38. The summed E-state index contributed by atoms with van der Waals surface area (Å²) < 4.78 is 11.0. The molecule has 0 atom stereocenters. The predicted octanol–water partition coefficient (Wildman–Crippen LogP) is 4.62. The first kappa shape index (κ1) is 18.9. The lowest BCUT2D eigenvalue weighted by molar-refractivity contribution is 0.0938. The van der Waals surface area contributed by atoms with Crippen molar-refractivity contribution >= 4 is 5.91 Å². The maximum absolute atomic E-state index is 12.6. The quantitative estimate of drug-likeness (QED) is 0.666. The van der Waals surface area contributed by atoms with Gasteiger partial charge in [0.2, 0.25) is 5.88 Å². The van der Waals surface area contributed by atoms with Crippen molar-refractivity contribution in [2.75, 3.05) is 7.11 Å². The number of hydrogen-bond acceptors (Lipinski definition) is 5. The Bertz CT molecular complexity index is 983. The van der Waals surface area contributed by atoms with Crippen molar-refractivity contribution < 1.29 is 14.3 Å². The summed E-state index contributed by atoms with van der Waals surface area (Å²) in [6.45, 7) is 0. The minimum absolute atomic E-state index is 0.0515. The normalized spacial score (nSPS) is 13.8. The summed E-state index contributed by atoms with van der Waals surface area (Å²) >= 11 is 0. The first-order valence-corrected chi connectivity index (χ1v) is 9.77. The zero-order chi connectivity index (χ0) is 20.1. The number of methoxy groups -OCH3 is 1. The van der Waals surface area contributed by atoms with Gasteiger partial charge in [0, 0.05) is 29.4 Å². The molecular weight excluding hydrogens is 366 g/mol. The number of benzene rings is 2. The highest BCUT2D eigenvalue weighted by Crippen LogP contribution is 2.25. The average molecular weight is 389 g/mol. The van der Waals surface area contributed by atoms with Crippen LogP contribution >= 0.6 is 0 Å². The van der Waals surface area contributed by atoms with Crippen molar-refractivity contribution in [1.29, 1.82) is 0 Å². The molecule has 0 saturated heterocycles. The van der Waals surface area contributed by atoms with E-state index in [1.54, 1.807) is 19.4 Å². The van der Waals surface area contributed by atoms with Crippen LogP contribution in [0.4, 0.5) is 0 Å². The zero-order valence-electron chi connectivity index (χ0n) is 16.3. The fourth-order valence-corrected chi connectivity index (χ4v) is 3.44. The second-order valence-electron chi connectivity index (χ2n) is 7.03. The Hall–Kier alpha value is -3.41. The second-order valence-corrected chi connectivity index (χ2v) is 7.03. The molecule has 1 saturated carbocycles. The SMILES string of the molecule is COc1ccc(Oc2ccnc(-c3cccc(C(=O)NC4CCCC4)c3)n2)cc1. The Morgan fingerprint density at radius 2 is 1.79 bits per heavy atom. The van der Waals surface area contributed by atoms with E-state index in [1.807, 2.05) is 48.5 Å². The van der Waals surface area contributed by atoms with Crippen molar-refractivity contribution in [3.05, 3.63) is 66.4 Å². The van der Waals surface area contributed by atoms with E-state index in [-0.39, 0.29) is 11.9 Å². The summed E-state index contributed by atoms with van der Waals surface area (Å²) in [6.07, 6.45) is 6.12. The molecule has 4 rings (SSSR count). The van der Waals surface area contributed by atoms with Crippen LogP contribution in [0.5, 0.6) is 17.4 Å². The van der Waals surface area contributed by atoms with Crippen molar-refractivity contribution in [1.82, 2.24) is 15.3 Å². The number of rotatable bonds is 6. The lowest BCUT2D eigenvalue weighted by Crippen LogP contribution is -2.32. The standard InChI is InChI=1S/C23H23N3O3/c1-28-19-9-11-20(12-10-19)29-21-13-14-24-22(26-21)16-5-4-6-17(15-16)23(27)25-18-7-2-3-8-18/h4-6,9-15,18H,2-3,7-8H2,1H3,(H,25,27). The number of aromatic nitrogens is 2. The van der Waals surface area contributed by atoms with E-state index < -0.39 is 0 Å². The van der Waals surface area contributed by atoms with Crippen LogP contribution in [0.2, 0.25) is 0 Å².